The van der Waals surface area contributed by atoms with Gasteiger partial charge in [0.1, 0.15) is 11.5 Å². The Kier molecular flexibility index (Phi) is 3.39. The van der Waals surface area contributed by atoms with Crippen LogP contribution in [-0.2, 0) is 11.2 Å². The van der Waals surface area contributed by atoms with Gasteiger partial charge in [-0.15, -0.1) is 0 Å². The van der Waals surface area contributed by atoms with Crippen LogP contribution in [0.2, 0.25) is 0 Å². The van der Waals surface area contributed by atoms with E-state index in [2.05, 4.69) is 9.72 Å². The lowest BCUT2D eigenvalue weighted by atomic mass is 10.1. The second-order valence-corrected chi connectivity index (χ2v) is 4.71. The summed E-state index contributed by atoms with van der Waals surface area (Å²) in [7, 11) is 1.34. The number of ether oxygens (including phenoxy) is 1. The minimum atomic E-state index is -0.396. The predicted octanol–water partition coefficient (Wildman–Crippen LogP) is 2.85. The highest BCUT2D eigenvalue weighted by molar-refractivity contribution is 5.90. The first-order chi connectivity index (χ1) is 10.2. The number of carbonyl (C=O) groups excluding carboxylic acids is 1. The van der Waals surface area contributed by atoms with Crippen molar-refractivity contribution < 1.29 is 13.9 Å². The maximum absolute atomic E-state index is 13.2. The molecule has 0 aliphatic heterocycles. The molecule has 0 unspecified atom stereocenters. The number of nitrogens with zero attached hydrogens (tertiary/aromatic N) is 2. The van der Waals surface area contributed by atoms with E-state index in [0.29, 0.717) is 17.6 Å². The van der Waals surface area contributed by atoms with E-state index in [1.165, 1.54) is 19.2 Å². The predicted molar refractivity (Wildman–Crippen MR) is 75.7 cm³/mol. The molecule has 0 aliphatic carbocycles. The van der Waals surface area contributed by atoms with Gasteiger partial charge < -0.3 is 9.14 Å². The number of imidazole rings is 1. The minimum Gasteiger partial charge on any atom is -0.465 e. The maximum atomic E-state index is 13.2. The van der Waals surface area contributed by atoms with Gasteiger partial charge in [0.05, 0.1) is 18.4 Å². The quantitative estimate of drug-likeness (QED) is 0.695. The molecule has 0 atom stereocenters. The zero-order valence-corrected chi connectivity index (χ0v) is 11.4. The molecule has 2 heterocycles. The molecule has 0 fully saturated rings. The van der Waals surface area contributed by atoms with Crippen molar-refractivity contribution in [3.63, 3.8) is 0 Å². The van der Waals surface area contributed by atoms with Gasteiger partial charge in [-0.3, -0.25) is 0 Å². The van der Waals surface area contributed by atoms with E-state index in [1.54, 1.807) is 24.4 Å². The topological polar surface area (TPSA) is 43.6 Å². The van der Waals surface area contributed by atoms with Crippen LogP contribution in [0.3, 0.4) is 0 Å². The number of aromatic nitrogens is 2. The molecule has 2 aromatic heterocycles. The molecule has 0 N–H and O–H groups in total. The number of esters is 1. The second-order valence-electron chi connectivity index (χ2n) is 4.71. The van der Waals surface area contributed by atoms with Crippen LogP contribution in [0.4, 0.5) is 4.39 Å². The molecular formula is C16H13FN2O2. The summed E-state index contributed by atoms with van der Waals surface area (Å²) in [6, 6.07) is 9.77. The lowest BCUT2D eigenvalue weighted by Gasteiger charge is -1.98. The van der Waals surface area contributed by atoms with Gasteiger partial charge in [0.2, 0.25) is 0 Å². The molecule has 5 heteroatoms. The molecule has 0 spiro atoms. The third kappa shape index (κ3) is 2.76. The van der Waals surface area contributed by atoms with Crippen molar-refractivity contribution in [2.75, 3.05) is 7.11 Å². The minimum absolute atomic E-state index is 0.260. The summed E-state index contributed by atoms with van der Waals surface area (Å²) in [4.78, 5) is 15.9. The van der Waals surface area contributed by atoms with E-state index in [0.717, 1.165) is 11.3 Å². The summed E-state index contributed by atoms with van der Waals surface area (Å²) in [5, 5.41) is 0. The molecule has 0 saturated carbocycles. The fourth-order valence-electron chi connectivity index (χ4n) is 2.22. The van der Waals surface area contributed by atoms with Crippen molar-refractivity contribution in [3.05, 3.63) is 71.4 Å². The highest BCUT2D eigenvalue weighted by Gasteiger charge is 2.09. The lowest BCUT2D eigenvalue weighted by Crippen LogP contribution is -2.01. The summed E-state index contributed by atoms with van der Waals surface area (Å²) >= 11 is 0. The highest BCUT2D eigenvalue weighted by atomic mass is 19.1. The molecule has 0 aliphatic rings. The molecule has 0 radical (unpaired) electrons. The van der Waals surface area contributed by atoms with Crippen LogP contribution in [-0.4, -0.2) is 22.5 Å². The van der Waals surface area contributed by atoms with Crippen LogP contribution >= 0.6 is 0 Å². The highest BCUT2D eigenvalue weighted by Crippen LogP contribution is 2.13. The van der Waals surface area contributed by atoms with E-state index in [9.17, 15) is 9.18 Å². The zero-order chi connectivity index (χ0) is 14.8. The first-order valence-corrected chi connectivity index (χ1v) is 6.46. The third-order valence-corrected chi connectivity index (χ3v) is 3.21. The average Bonchev–Trinajstić information content (AvgIpc) is 2.87. The van der Waals surface area contributed by atoms with Gasteiger partial charge in [-0.1, -0.05) is 12.1 Å². The number of rotatable bonds is 3. The Morgan fingerprint density at radius 1 is 1.33 bits per heavy atom. The van der Waals surface area contributed by atoms with Gasteiger partial charge in [-0.05, 0) is 29.8 Å². The number of hydrogen-bond donors (Lipinski definition) is 0. The number of hydrogen-bond acceptors (Lipinski definition) is 3. The molecule has 3 aromatic rings. The summed E-state index contributed by atoms with van der Waals surface area (Å²) in [6.07, 6.45) is 4.15. The van der Waals surface area contributed by atoms with Gasteiger partial charge in [-0.2, -0.15) is 0 Å². The molecular weight excluding hydrogens is 271 g/mol. The Hall–Kier alpha value is -2.69. The van der Waals surface area contributed by atoms with Gasteiger partial charge in [-0.25, -0.2) is 14.2 Å². The summed E-state index contributed by atoms with van der Waals surface area (Å²) in [5.41, 5.74) is 2.77. The molecule has 1 aromatic carbocycles. The Labute approximate surface area is 120 Å². The number of methoxy groups -OCH3 is 1. The normalized spacial score (nSPS) is 10.8. The fraction of sp³-hybridized carbons (Fsp3) is 0.125. The Bertz CT molecular complexity index is 811. The summed E-state index contributed by atoms with van der Waals surface area (Å²) < 4.78 is 19.7. The van der Waals surface area contributed by atoms with Crippen molar-refractivity contribution in [1.82, 2.24) is 9.38 Å². The third-order valence-electron chi connectivity index (χ3n) is 3.21. The molecule has 21 heavy (non-hydrogen) atoms. The van der Waals surface area contributed by atoms with E-state index in [-0.39, 0.29) is 5.82 Å². The molecule has 0 saturated heterocycles. The fourth-order valence-corrected chi connectivity index (χ4v) is 2.22. The van der Waals surface area contributed by atoms with Crippen LogP contribution in [0.15, 0.2) is 48.8 Å². The number of benzene rings is 1. The van der Waals surface area contributed by atoms with Crippen LogP contribution in [0, 0.1) is 5.82 Å². The van der Waals surface area contributed by atoms with Crippen LogP contribution < -0.4 is 0 Å². The van der Waals surface area contributed by atoms with E-state index in [1.807, 2.05) is 16.7 Å². The SMILES string of the molecule is COC(=O)c1ccn2cc(Cc3cccc(F)c3)nc2c1. The van der Waals surface area contributed by atoms with Gasteiger partial charge >= 0.3 is 5.97 Å². The van der Waals surface area contributed by atoms with E-state index >= 15 is 0 Å². The first kappa shape index (κ1) is 13.3. The number of pyridine rings is 1. The van der Waals surface area contributed by atoms with Crippen molar-refractivity contribution in [2.24, 2.45) is 0 Å². The Balaban J connectivity index is 1.92. The monoisotopic (exact) mass is 284 g/mol. The number of carbonyl (C=O) groups is 1. The average molecular weight is 284 g/mol. The molecule has 4 nitrogen and oxygen atoms in total. The van der Waals surface area contributed by atoms with Crippen molar-refractivity contribution >= 4 is 11.6 Å². The largest absolute Gasteiger partial charge is 0.465 e. The van der Waals surface area contributed by atoms with E-state index in [4.69, 9.17) is 0 Å². The van der Waals surface area contributed by atoms with Gasteiger partial charge in [0.15, 0.2) is 0 Å². The smallest absolute Gasteiger partial charge is 0.338 e. The maximum Gasteiger partial charge on any atom is 0.338 e. The molecule has 0 amide bonds. The summed E-state index contributed by atoms with van der Waals surface area (Å²) in [6.45, 7) is 0. The molecule has 106 valence electrons. The summed E-state index contributed by atoms with van der Waals surface area (Å²) in [5.74, 6) is -0.656. The Morgan fingerprint density at radius 2 is 2.19 bits per heavy atom. The van der Waals surface area contributed by atoms with Crippen molar-refractivity contribution in [3.8, 4) is 0 Å². The lowest BCUT2D eigenvalue weighted by molar-refractivity contribution is 0.0600. The standard InChI is InChI=1S/C16H13FN2O2/c1-21-16(20)12-5-6-19-10-14(18-15(19)9-12)8-11-3-2-4-13(17)7-11/h2-7,9-10H,8H2,1H3. The molecule has 0 bridgehead atoms. The van der Waals surface area contributed by atoms with Crippen molar-refractivity contribution in [2.45, 2.75) is 6.42 Å². The first-order valence-electron chi connectivity index (χ1n) is 6.46. The van der Waals surface area contributed by atoms with Gasteiger partial charge in [0, 0.05) is 18.8 Å². The Morgan fingerprint density at radius 3 is 2.95 bits per heavy atom. The van der Waals surface area contributed by atoms with Crippen LogP contribution in [0.1, 0.15) is 21.6 Å². The van der Waals surface area contributed by atoms with Crippen LogP contribution in [0.5, 0.6) is 0 Å². The zero-order valence-electron chi connectivity index (χ0n) is 11.4. The number of halogens is 1. The van der Waals surface area contributed by atoms with Gasteiger partial charge in [0.25, 0.3) is 0 Å². The molecule has 3 rings (SSSR count). The van der Waals surface area contributed by atoms with Crippen LogP contribution in [0.25, 0.3) is 5.65 Å². The number of fused-ring (bicyclic) bond motifs is 1. The van der Waals surface area contributed by atoms with E-state index < -0.39 is 5.97 Å². The second kappa shape index (κ2) is 5.36. The van der Waals surface area contributed by atoms with Crippen molar-refractivity contribution in [1.29, 1.82) is 0 Å².